The van der Waals surface area contributed by atoms with Gasteiger partial charge in [0.25, 0.3) is 5.69 Å². The van der Waals surface area contributed by atoms with E-state index in [-0.39, 0.29) is 10.6 Å². The highest BCUT2D eigenvalue weighted by Gasteiger charge is 2.26. The number of ketones is 1. The molecule has 0 spiro atoms. The van der Waals surface area contributed by atoms with E-state index < -0.39 is 25.6 Å². The molecule has 0 atom stereocenters. The average molecular weight is 361 g/mol. The van der Waals surface area contributed by atoms with E-state index in [0.29, 0.717) is 5.69 Å². The van der Waals surface area contributed by atoms with Crippen LogP contribution in [0.25, 0.3) is 0 Å². The molecule has 0 saturated carbocycles. The number of nitrogens with zero attached hydrogens (tertiary/aromatic N) is 2. The maximum atomic E-state index is 12.6. The van der Waals surface area contributed by atoms with E-state index in [2.05, 4.69) is 10.5 Å². The Kier molecular flexibility index (Phi) is 5.28. The highest BCUT2D eigenvalue weighted by molar-refractivity contribution is 8.08. The second kappa shape index (κ2) is 7.22. The summed E-state index contributed by atoms with van der Waals surface area (Å²) in [5, 5.41) is 13.7. The van der Waals surface area contributed by atoms with Crippen LogP contribution in [0.1, 0.15) is 12.5 Å². The van der Waals surface area contributed by atoms with Gasteiger partial charge in [-0.3, -0.25) is 20.3 Å². The minimum absolute atomic E-state index is 0.0439. The van der Waals surface area contributed by atoms with Crippen LogP contribution in [-0.4, -0.2) is 24.2 Å². The fourth-order valence-electron chi connectivity index (χ4n) is 1.93. The third-order valence-electron chi connectivity index (χ3n) is 3.25. The number of nitro benzene ring substituents is 1. The van der Waals surface area contributed by atoms with Crippen molar-refractivity contribution in [1.29, 1.82) is 0 Å². The first-order valence-corrected chi connectivity index (χ1v) is 8.61. The molecule has 25 heavy (non-hydrogen) atoms. The zero-order chi connectivity index (χ0) is 18.6. The zero-order valence-corrected chi connectivity index (χ0v) is 14.3. The van der Waals surface area contributed by atoms with Crippen molar-refractivity contribution in [2.45, 2.75) is 18.7 Å². The first-order chi connectivity index (χ1) is 11.7. The monoisotopic (exact) mass is 361 g/mol. The molecule has 0 aliphatic rings. The molecule has 130 valence electrons. The zero-order valence-electron chi connectivity index (χ0n) is 13.5. The Balaban J connectivity index is 2.33. The number of aryl methyl sites for hydroxylation is 1. The van der Waals surface area contributed by atoms with Crippen molar-refractivity contribution in [3.05, 3.63) is 64.2 Å². The third-order valence-corrected chi connectivity index (χ3v) is 5.03. The maximum Gasteiger partial charge on any atom is 0.269 e. The second-order valence-electron chi connectivity index (χ2n) is 5.21. The highest BCUT2D eigenvalue weighted by atomic mass is 32.2. The quantitative estimate of drug-likeness (QED) is 0.378. The average Bonchev–Trinajstić information content (AvgIpc) is 2.55. The van der Waals surface area contributed by atoms with Crippen molar-refractivity contribution in [1.82, 2.24) is 0 Å². The summed E-state index contributed by atoms with van der Waals surface area (Å²) in [6, 6.07) is 11.2. The molecule has 0 aromatic heterocycles. The molecule has 1 N–H and O–H groups in total. The van der Waals surface area contributed by atoms with E-state index in [1.54, 1.807) is 12.1 Å². The van der Waals surface area contributed by atoms with Gasteiger partial charge in [0.2, 0.25) is 14.9 Å². The van der Waals surface area contributed by atoms with Gasteiger partial charge < -0.3 is 0 Å². The van der Waals surface area contributed by atoms with Crippen molar-refractivity contribution in [3.63, 3.8) is 0 Å². The van der Waals surface area contributed by atoms with Gasteiger partial charge in [0.05, 0.1) is 15.5 Å². The molecule has 0 aliphatic carbocycles. The summed E-state index contributed by atoms with van der Waals surface area (Å²) in [6.07, 6.45) is 0. The normalized spacial score (nSPS) is 11.8. The van der Waals surface area contributed by atoms with Crippen molar-refractivity contribution in [2.75, 3.05) is 5.43 Å². The van der Waals surface area contributed by atoms with Gasteiger partial charge in [-0.05, 0) is 31.2 Å². The van der Waals surface area contributed by atoms with E-state index in [1.807, 2.05) is 6.92 Å². The molecule has 0 aliphatic heterocycles. The number of nitrogens with one attached hydrogen (secondary N) is 1. The van der Waals surface area contributed by atoms with Crippen LogP contribution in [0.4, 0.5) is 11.4 Å². The lowest BCUT2D eigenvalue weighted by Gasteiger charge is -2.07. The highest BCUT2D eigenvalue weighted by Crippen LogP contribution is 2.17. The summed E-state index contributed by atoms with van der Waals surface area (Å²) in [5.74, 6) is -0.727. The number of non-ortho nitro benzene ring substituents is 1. The van der Waals surface area contributed by atoms with Crippen LogP contribution in [0.3, 0.4) is 0 Å². The molecule has 0 fully saturated rings. The Morgan fingerprint density at radius 2 is 1.64 bits per heavy atom. The van der Waals surface area contributed by atoms with E-state index in [1.165, 1.54) is 36.4 Å². The molecule has 2 aromatic rings. The van der Waals surface area contributed by atoms with Gasteiger partial charge in [0.1, 0.15) is 0 Å². The summed E-state index contributed by atoms with van der Waals surface area (Å²) in [4.78, 5) is 21.8. The number of hydrogen-bond donors (Lipinski definition) is 1. The van der Waals surface area contributed by atoms with Crippen molar-refractivity contribution in [2.24, 2.45) is 5.10 Å². The molecule has 9 heteroatoms. The number of hydrogen-bond acceptors (Lipinski definition) is 7. The summed E-state index contributed by atoms with van der Waals surface area (Å²) >= 11 is 0. The Bertz CT molecular complexity index is 933. The number of rotatable bonds is 5. The fraction of sp³-hybridized carbons (Fsp3) is 0.125. The lowest BCUT2D eigenvalue weighted by molar-refractivity contribution is -0.384. The van der Waals surface area contributed by atoms with Crippen LogP contribution < -0.4 is 5.43 Å². The second-order valence-corrected chi connectivity index (χ2v) is 7.07. The Labute approximate surface area is 144 Å². The van der Waals surface area contributed by atoms with Gasteiger partial charge in [-0.25, -0.2) is 8.42 Å². The van der Waals surface area contributed by atoms with Gasteiger partial charge in [-0.2, -0.15) is 5.10 Å². The minimum atomic E-state index is -4.08. The molecule has 0 heterocycles. The Morgan fingerprint density at radius 3 is 2.12 bits per heavy atom. The number of carbonyl (C=O) groups excluding carboxylic acids is 1. The van der Waals surface area contributed by atoms with Gasteiger partial charge in [0, 0.05) is 19.1 Å². The minimum Gasteiger partial charge on any atom is -0.292 e. The predicted octanol–water partition coefficient (Wildman–Crippen LogP) is 2.69. The molecule has 0 unspecified atom stereocenters. The summed E-state index contributed by atoms with van der Waals surface area (Å²) < 4.78 is 25.1. The molecular weight excluding hydrogens is 346 g/mol. The lowest BCUT2D eigenvalue weighted by Crippen LogP contribution is -2.24. The van der Waals surface area contributed by atoms with E-state index >= 15 is 0 Å². The molecule has 0 bridgehead atoms. The molecule has 2 rings (SSSR count). The Morgan fingerprint density at radius 1 is 1.08 bits per heavy atom. The first-order valence-electron chi connectivity index (χ1n) is 7.12. The van der Waals surface area contributed by atoms with Crippen LogP contribution >= 0.6 is 0 Å². The molecule has 0 radical (unpaired) electrons. The largest absolute Gasteiger partial charge is 0.292 e. The number of sulfone groups is 1. The van der Waals surface area contributed by atoms with Crippen LogP contribution in [0.15, 0.2) is 58.5 Å². The van der Waals surface area contributed by atoms with Crippen LogP contribution in [0.5, 0.6) is 0 Å². The first kappa shape index (κ1) is 18.3. The van der Waals surface area contributed by atoms with Crippen molar-refractivity contribution >= 4 is 32.0 Å². The van der Waals surface area contributed by atoms with Gasteiger partial charge in [-0.15, -0.1) is 0 Å². The van der Waals surface area contributed by atoms with Crippen molar-refractivity contribution in [3.8, 4) is 0 Å². The number of nitro groups is 1. The standard InChI is InChI=1S/C16H15N3O5S/c1-11-3-9-15(10-4-11)25(23,24)16(12(2)20)18-17-13-5-7-14(8-6-13)19(21)22/h3-10,17H,1-2H3/b18-16+. The summed E-state index contributed by atoms with van der Waals surface area (Å²) in [5.41, 5.74) is 3.52. The van der Waals surface area contributed by atoms with Crippen molar-refractivity contribution < 1.29 is 18.1 Å². The Hall–Kier alpha value is -3.07. The van der Waals surface area contributed by atoms with E-state index in [9.17, 15) is 23.3 Å². The van der Waals surface area contributed by atoms with E-state index in [0.717, 1.165) is 12.5 Å². The fourth-order valence-corrected chi connectivity index (χ4v) is 3.19. The number of Topliss-reactive ketones (excluding diaryl/α,β-unsaturated/α-hetero) is 1. The summed E-state index contributed by atoms with van der Waals surface area (Å²) in [7, 11) is -4.08. The van der Waals surface area contributed by atoms with Crippen LogP contribution in [-0.2, 0) is 14.6 Å². The molecular formula is C16H15N3O5S. The molecule has 8 nitrogen and oxygen atoms in total. The predicted molar refractivity (Wildman–Crippen MR) is 93.2 cm³/mol. The topological polar surface area (TPSA) is 119 Å². The molecule has 2 aromatic carbocycles. The van der Waals surface area contributed by atoms with Gasteiger partial charge in [0.15, 0.2) is 5.78 Å². The number of carbonyl (C=O) groups is 1. The SMILES string of the molecule is CC(=O)/C(=N\Nc1ccc([N+](=O)[O-])cc1)S(=O)(=O)c1ccc(C)cc1. The number of anilines is 1. The number of hydrazone groups is 1. The number of benzene rings is 2. The third kappa shape index (κ3) is 4.27. The van der Waals surface area contributed by atoms with Crippen LogP contribution in [0.2, 0.25) is 0 Å². The van der Waals surface area contributed by atoms with Gasteiger partial charge in [-0.1, -0.05) is 17.7 Å². The van der Waals surface area contributed by atoms with Gasteiger partial charge >= 0.3 is 0 Å². The smallest absolute Gasteiger partial charge is 0.269 e. The summed E-state index contributed by atoms with van der Waals surface area (Å²) in [6.45, 7) is 2.91. The lowest BCUT2D eigenvalue weighted by atomic mass is 10.2. The molecule has 0 amide bonds. The van der Waals surface area contributed by atoms with E-state index in [4.69, 9.17) is 0 Å². The molecule has 0 saturated heterocycles. The van der Waals surface area contributed by atoms with Crippen LogP contribution in [0, 0.1) is 17.0 Å². The maximum absolute atomic E-state index is 12.6.